The Morgan fingerprint density at radius 1 is 1.50 bits per heavy atom. The van der Waals surface area contributed by atoms with Crippen molar-refractivity contribution in [2.45, 2.75) is 38.0 Å². The van der Waals surface area contributed by atoms with Gasteiger partial charge in [0.05, 0.1) is 5.38 Å². The minimum absolute atomic E-state index is 0.139. The molecule has 1 nitrogen and oxygen atoms in total. The van der Waals surface area contributed by atoms with Crippen LogP contribution in [0.15, 0.2) is 0 Å². The molecule has 2 aliphatic carbocycles. The molecule has 0 aliphatic heterocycles. The predicted octanol–water partition coefficient (Wildman–Crippen LogP) is 2.62. The minimum atomic E-state index is -0.139. The second kappa shape index (κ2) is 3.02. The maximum atomic E-state index is 11.4. The van der Waals surface area contributed by atoms with Crippen LogP contribution in [-0.2, 0) is 4.79 Å². The van der Waals surface area contributed by atoms with Crippen LogP contribution in [0.5, 0.6) is 0 Å². The van der Waals surface area contributed by atoms with Gasteiger partial charge in [-0.2, -0.15) is 0 Å². The van der Waals surface area contributed by atoms with Gasteiger partial charge in [-0.15, -0.1) is 11.6 Å². The molecule has 0 saturated heterocycles. The van der Waals surface area contributed by atoms with Gasteiger partial charge in [0.1, 0.15) is 0 Å². The summed E-state index contributed by atoms with van der Waals surface area (Å²) in [4.78, 5) is 11.4. The van der Waals surface area contributed by atoms with Gasteiger partial charge in [0, 0.05) is 5.92 Å². The number of alkyl halides is 1. The molecule has 0 spiro atoms. The zero-order valence-electron chi connectivity index (χ0n) is 7.42. The molecule has 0 amide bonds. The minimum Gasteiger partial charge on any atom is -0.298 e. The van der Waals surface area contributed by atoms with E-state index in [1.807, 2.05) is 0 Å². The molecule has 2 heteroatoms. The summed E-state index contributed by atoms with van der Waals surface area (Å²) in [5.41, 5.74) is 0. The van der Waals surface area contributed by atoms with Gasteiger partial charge < -0.3 is 0 Å². The number of fused-ring (bicyclic) bond motifs is 2. The van der Waals surface area contributed by atoms with Crippen molar-refractivity contribution in [1.29, 1.82) is 0 Å². The molecule has 12 heavy (non-hydrogen) atoms. The lowest BCUT2D eigenvalue weighted by atomic mass is 9.85. The lowest BCUT2D eigenvalue weighted by Crippen LogP contribution is -2.28. The van der Waals surface area contributed by atoms with Crippen molar-refractivity contribution >= 4 is 17.4 Å². The van der Waals surface area contributed by atoms with E-state index in [9.17, 15) is 4.79 Å². The van der Waals surface area contributed by atoms with Gasteiger partial charge in [-0.3, -0.25) is 4.79 Å². The Hall–Kier alpha value is -0.0400. The van der Waals surface area contributed by atoms with E-state index in [0.29, 0.717) is 17.6 Å². The molecule has 2 aliphatic rings. The summed E-state index contributed by atoms with van der Waals surface area (Å²) in [7, 11) is 0. The molecule has 2 fully saturated rings. The van der Waals surface area contributed by atoms with E-state index < -0.39 is 0 Å². The van der Waals surface area contributed by atoms with Crippen LogP contribution < -0.4 is 0 Å². The Morgan fingerprint density at radius 3 is 2.75 bits per heavy atom. The molecule has 0 aromatic rings. The third-order valence-electron chi connectivity index (χ3n) is 3.46. The lowest BCUT2D eigenvalue weighted by molar-refractivity contribution is -0.122. The fraction of sp³-hybridized carbons (Fsp3) is 0.900. The van der Waals surface area contributed by atoms with E-state index in [2.05, 4.69) is 6.92 Å². The van der Waals surface area contributed by atoms with E-state index >= 15 is 0 Å². The summed E-state index contributed by atoms with van der Waals surface area (Å²) in [6, 6.07) is 0. The number of hydrogen-bond donors (Lipinski definition) is 0. The first-order chi connectivity index (χ1) is 5.74. The van der Waals surface area contributed by atoms with E-state index in [0.717, 1.165) is 18.8 Å². The van der Waals surface area contributed by atoms with Crippen molar-refractivity contribution in [3.63, 3.8) is 0 Å². The molecular formula is C10H15ClO. The predicted molar refractivity (Wildman–Crippen MR) is 49.3 cm³/mol. The quantitative estimate of drug-likeness (QED) is 0.606. The van der Waals surface area contributed by atoms with Crippen LogP contribution in [0.2, 0.25) is 0 Å². The SMILES string of the molecule is CCCC1CC2CC1C(Cl)C2=O. The number of carbonyl (C=O) groups is 1. The first-order valence-corrected chi connectivity index (χ1v) is 5.35. The highest BCUT2D eigenvalue weighted by Crippen LogP contribution is 2.50. The summed E-state index contributed by atoms with van der Waals surface area (Å²) in [6.45, 7) is 2.21. The normalized spacial score (nSPS) is 45.7. The molecule has 0 N–H and O–H groups in total. The van der Waals surface area contributed by atoms with Gasteiger partial charge in [0.25, 0.3) is 0 Å². The average Bonchev–Trinajstić information content (AvgIpc) is 2.55. The van der Waals surface area contributed by atoms with E-state index in [-0.39, 0.29) is 5.38 Å². The highest BCUT2D eigenvalue weighted by molar-refractivity contribution is 6.32. The highest BCUT2D eigenvalue weighted by Gasteiger charge is 2.50. The Balaban J connectivity index is 2.05. The lowest BCUT2D eigenvalue weighted by Gasteiger charge is -2.23. The van der Waals surface area contributed by atoms with Gasteiger partial charge >= 0.3 is 0 Å². The van der Waals surface area contributed by atoms with Crippen LogP contribution in [-0.4, -0.2) is 11.2 Å². The number of rotatable bonds is 2. The smallest absolute Gasteiger partial charge is 0.154 e. The monoisotopic (exact) mass is 186 g/mol. The first-order valence-electron chi connectivity index (χ1n) is 4.91. The van der Waals surface area contributed by atoms with Crippen molar-refractivity contribution in [1.82, 2.24) is 0 Å². The van der Waals surface area contributed by atoms with Crippen molar-refractivity contribution < 1.29 is 4.79 Å². The molecule has 68 valence electrons. The van der Waals surface area contributed by atoms with Crippen molar-refractivity contribution in [3.05, 3.63) is 0 Å². The molecule has 2 rings (SSSR count). The molecule has 0 radical (unpaired) electrons. The van der Waals surface area contributed by atoms with Crippen LogP contribution in [0.25, 0.3) is 0 Å². The summed E-state index contributed by atoms with van der Waals surface area (Å²) in [6.07, 6.45) is 4.70. The van der Waals surface area contributed by atoms with Gasteiger partial charge in [0.15, 0.2) is 5.78 Å². The van der Waals surface area contributed by atoms with Crippen LogP contribution >= 0.6 is 11.6 Å². The number of hydrogen-bond acceptors (Lipinski definition) is 1. The molecule has 0 aromatic heterocycles. The first kappa shape index (κ1) is 8.55. The Labute approximate surface area is 78.5 Å². The molecule has 0 aromatic carbocycles. The zero-order valence-corrected chi connectivity index (χ0v) is 8.18. The van der Waals surface area contributed by atoms with E-state index in [1.54, 1.807) is 0 Å². The fourth-order valence-corrected chi connectivity index (χ4v) is 3.37. The Morgan fingerprint density at radius 2 is 2.25 bits per heavy atom. The van der Waals surface area contributed by atoms with Crippen LogP contribution in [0.4, 0.5) is 0 Å². The third-order valence-corrected chi connectivity index (χ3v) is 4.00. The molecule has 4 unspecified atom stereocenters. The maximum absolute atomic E-state index is 11.4. The van der Waals surface area contributed by atoms with E-state index in [4.69, 9.17) is 11.6 Å². The summed E-state index contributed by atoms with van der Waals surface area (Å²) >= 11 is 6.04. The van der Waals surface area contributed by atoms with Gasteiger partial charge in [0.2, 0.25) is 0 Å². The molecule has 2 bridgehead atoms. The van der Waals surface area contributed by atoms with E-state index in [1.165, 1.54) is 12.8 Å². The Kier molecular flexibility index (Phi) is 2.16. The standard InChI is InChI=1S/C10H15ClO/c1-2-3-6-4-7-5-8(6)9(11)10(7)12/h6-9H,2-5H2,1H3. The summed E-state index contributed by atoms with van der Waals surface area (Å²) < 4.78 is 0. The molecule has 0 heterocycles. The molecule has 4 atom stereocenters. The summed E-state index contributed by atoms with van der Waals surface area (Å²) in [5.74, 6) is 1.92. The number of carbonyl (C=O) groups excluding carboxylic acids is 1. The molecular weight excluding hydrogens is 172 g/mol. The largest absolute Gasteiger partial charge is 0.298 e. The van der Waals surface area contributed by atoms with Crippen molar-refractivity contribution in [3.8, 4) is 0 Å². The van der Waals surface area contributed by atoms with Crippen molar-refractivity contribution in [2.24, 2.45) is 17.8 Å². The van der Waals surface area contributed by atoms with Crippen LogP contribution in [0.1, 0.15) is 32.6 Å². The zero-order chi connectivity index (χ0) is 8.72. The third kappa shape index (κ3) is 1.10. The average molecular weight is 187 g/mol. The van der Waals surface area contributed by atoms with Crippen LogP contribution in [0.3, 0.4) is 0 Å². The number of Topliss-reactive ketones (excluding diaryl/α,β-unsaturated/α-hetero) is 1. The van der Waals surface area contributed by atoms with Crippen LogP contribution in [0, 0.1) is 17.8 Å². The summed E-state index contributed by atoms with van der Waals surface area (Å²) in [5, 5.41) is -0.139. The molecule has 2 saturated carbocycles. The van der Waals surface area contributed by atoms with Gasteiger partial charge in [-0.05, 0) is 24.7 Å². The highest BCUT2D eigenvalue weighted by atomic mass is 35.5. The van der Waals surface area contributed by atoms with Gasteiger partial charge in [-0.25, -0.2) is 0 Å². The maximum Gasteiger partial charge on any atom is 0.154 e. The Bertz CT molecular complexity index is 198. The number of ketones is 1. The second-order valence-corrected chi connectivity index (χ2v) is 4.66. The topological polar surface area (TPSA) is 17.1 Å². The van der Waals surface area contributed by atoms with Gasteiger partial charge in [-0.1, -0.05) is 19.8 Å². The van der Waals surface area contributed by atoms with Crippen molar-refractivity contribution in [2.75, 3.05) is 0 Å². The second-order valence-electron chi connectivity index (χ2n) is 4.19. The number of halogens is 1. The fourth-order valence-electron chi connectivity index (χ4n) is 2.89.